The van der Waals surface area contributed by atoms with E-state index in [0.717, 1.165) is 37.9 Å². The maximum absolute atomic E-state index is 12.5. The van der Waals surface area contributed by atoms with Crippen molar-refractivity contribution in [2.24, 2.45) is 0 Å². The highest BCUT2D eigenvalue weighted by molar-refractivity contribution is 5.92. The lowest BCUT2D eigenvalue weighted by molar-refractivity contribution is 0.0578. The van der Waals surface area contributed by atoms with Crippen molar-refractivity contribution >= 4 is 5.91 Å². The molecule has 3 heterocycles. The molecule has 0 unspecified atom stereocenters. The van der Waals surface area contributed by atoms with Gasteiger partial charge in [0, 0.05) is 12.7 Å². The number of hydrogen-bond acceptors (Lipinski definition) is 3. The van der Waals surface area contributed by atoms with Gasteiger partial charge in [0.1, 0.15) is 5.69 Å². The van der Waals surface area contributed by atoms with Crippen LogP contribution >= 0.6 is 0 Å². The van der Waals surface area contributed by atoms with Crippen LogP contribution in [-0.2, 0) is 6.54 Å². The standard InChI is InChI=1S/C14H19N5O/c1-11-6-17-18(8-11)9-12-4-2-3-5-19(12)14(20)13-7-15-10-16-13/h6-8,10,12H,2-5,9H2,1H3,(H,15,16)/t12-/m1/s1. The first-order valence-corrected chi connectivity index (χ1v) is 7.02. The van der Waals surface area contributed by atoms with Crippen molar-refractivity contribution in [3.63, 3.8) is 0 Å². The number of hydrogen-bond donors (Lipinski definition) is 1. The molecule has 1 aliphatic rings. The maximum atomic E-state index is 12.5. The zero-order chi connectivity index (χ0) is 13.9. The normalized spacial score (nSPS) is 19.2. The molecule has 106 valence electrons. The van der Waals surface area contributed by atoms with E-state index in [9.17, 15) is 4.79 Å². The minimum absolute atomic E-state index is 0.0380. The molecule has 2 aromatic heterocycles. The highest BCUT2D eigenvalue weighted by atomic mass is 16.2. The number of H-pyrrole nitrogens is 1. The summed E-state index contributed by atoms with van der Waals surface area (Å²) in [5.74, 6) is 0.0380. The van der Waals surface area contributed by atoms with Crippen molar-refractivity contribution in [3.05, 3.63) is 36.2 Å². The summed E-state index contributed by atoms with van der Waals surface area (Å²) in [4.78, 5) is 21.3. The number of nitrogens with zero attached hydrogens (tertiary/aromatic N) is 4. The third kappa shape index (κ3) is 2.59. The zero-order valence-electron chi connectivity index (χ0n) is 11.6. The maximum Gasteiger partial charge on any atom is 0.272 e. The molecule has 0 bridgehead atoms. The van der Waals surface area contributed by atoms with Gasteiger partial charge in [-0.15, -0.1) is 0 Å². The second-order valence-corrected chi connectivity index (χ2v) is 5.35. The first-order chi connectivity index (χ1) is 9.74. The van der Waals surface area contributed by atoms with E-state index in [-0.39, 0.29) is 11.9 Å². The predicted molar refractivity (Wildman–Crippen MR) is 74.2 cm³/mol. The van der Waals surface area contributed by atoms with Crippen LogP contribution in [-0.4, -0.2) is 43.1 Å². The molecule has 1 atom stereocenters. The van der Waals surface area contributed by atoms with Crippen LogP contribution < -0.4 is 0 Å². The molecule has 6 nitrogen and oxygen atoms in total. The number of aromatic nitrogens is 4. The first kappa shape index (κ1) is 12.9. The largest absolute Gasteiger partial charge is 0.341 e. The minimum Gasteiger partial charge on any atom is -0.341 e. The number of nitrogens with one attached hydrogen (secondary N) is 1. The number of aryl methyl sites for hydroxylation is 1. The zero-order valence-corrected chi connectivity index (χ0v) is 11.6. The van der Waals surface area contributed by atoms with E-state index >= 15 is 0 Å². The van der Waals surface area contributed by atoms with Gasteiger partial charge in [-0.1, -0.05) is 0 Å². The van der Waals surface area contributed by atoms with Crippen LogP contribution in [0.25, 0.3) is 0 Å². The molecule has 1 saturated heterocycles. The van der Waals surface area contributed by atoms with Gasteiger partial charge in [0.2, 0.25) is 0 Å². The van der Waals surface area contributed by atoms with E-state index in [4.69, 9.17) is 0 Å². The molecule has 0 spiro atoms. The van der Waals surface area contributed by atoms with Gasteiger partial charge in [-0.3, -0.25) is 9.48 Å². The van der Waals surface area contributed by atoms with Crippen LogP contribution in [0, 0.1) is 6.92 Å². The number of rotatable bonds is 3. The van der Waals surface area contributed by atoms with Crippen LogP contribution in [0.4, 0.5) is 0 Å². The topological polar surface area (TPSA) is 66.8 Å². The Morgan fingerprint density at radius 3 is 3.05 bits per heavy atom. The van der Waals surface area contributed by atoms with Gasteiger partial charge in [-0.05, 0) is 31.7 Å². The average Bonchev–Trinajstić information content (AvgIpc) is 3.10. The number of piperidine rings is 1. The SMILES string of the molecule is Cc1cnn(C[C@H]2CCCCN2C(=O)c2cnc[nH]2)c1. The van der Waals surface area contributed by atoms with Gasteiger partial charge in [0.15, 0.2) is 0 Å². The summed E-state index contributed by atoms with van der Waals surface area (Å²) in [5.41, 5.74) is 1.71. The smallest absolute Gasteiger partial charge is 0.272 e. The highest BCUT2D eigenvalue weighted by Crippen LogP contribution is 2.20. The molecule has 0 aliphatic carbocycles. The lowest BCUT2D eigenvalue weighted by Gasteiger charge is -2.35. The second-order valence-electron chi connectivity index (χ2n) is 5.35. The van der Waals surface area contributed by atoms with Gasteiger partial charge >= 0.3 is 0 Å². The molecule has 0 radical (unpaired) electrons. The van der Waals surface area contributed by atoms with E-state index in [1.165, 1.54) is 0 Å². The predicted octanol–water partition coefficient (Wildman–Crippen LogP) is 1.61. The molecule has 2 aromatic rings. The average molecular weight is 273 g/mol. The van der Waals surface area contributed by atoms with Gasteiger partial charge in [-0.2, -0.15) is 5.10 Å². The summed E-state index contributed by atoms with van der Waals surface area (Å²) in [6.07, 6.45) is 10.3. The summed E-state index contributed by atoms with van der Waals surface area (Å²) in [5, 5.41) is 4.32. The Morgan fingerprint density at radius 2 is 2.35 bits per heavy atom. The Labute approximate surface area is 117 Å². The highest BCUT2D eigenvalue weighted by Gasteiger charge is 2.28. The number of amides is 1. The van der Waals surface area contributed by atoms with Crippen molar-refractivity contribution < 1.29 is 4.79 Å². The number of likely N-dealkylation sites (tertiary alicyclic amines) is 1. The van der Waals surface area contributed by atoms with Gasteiger partial charge in [-0.25, -0.2) is 4.98 Å². The molecule has 1 fully saturated rings. The Bertz CT molecular complexity index is 574. The van der Waals surface area contributed by atoms with Crippen molar-refractivity contribution in [2.75, 3.05) is 6.54 Å². The van der Waals surface area contributed by atoms with E-state index < -0.39 is 0 Å². The third-order valence-corrected chi connectivity index (χ3v) is 3.78. The molecule has 1 aliphatic heterocycles. The lowest BCUT2D eigenvalue weighted by atomic mass is 10.0. The Morgan fingerprint density at radius 1 is 1.45 bits per heavy atom. The quantitative estimate of drug-likeness (QED) is 0.924. The Hall–Kier alpha value is -2.11. The summed E-state index contributed by atoms with van der Waals surface area (Å²) in [7, 11) is 0. The molecular formula is C14H19N5O. The number of aromatic amines is 1. The van der Waals surface area contributed by atoms with Gasteiger partial charge in [0.25, 0.3) is 5.91 Å². The van der Waals surface area contributed by atoms with Gasteiger partial charge in [0.05, 0.1) is 31.3 Å². The first-order valence-electron chi connectivity index (χ1n) is 7.02. The Balaban J connectivity index is 1.75. The summed E-state index contributed by atoms with van der Waals surface area (Å²) < 4.78 is 1.93. The van der Waals surface area contributed by atoms with Crippen molar-refractivity contribution in [1.29, 1.82) is 0 Å². The molecule has 1 amide bonds. The minimum atomic E-state index is 0.0380. The molecule has 20 heavy (non-hydrogen) atoms. The fourth-order valence-corrected chi connectivity index (χ4v) is 2.77. The van der Waals surface area contributed by atoms with Crippen LogP contribution in [0.3, 0.4) is 0 Å². The van der Waals surface area contributed by atoms with E-state index in [1.807, 2.05) is 28.9 Å². The molecular weight excluding hydrogens is 254 g/mol. The van der Waals surface area contributed by atoms with E-state index in [2.05, 4.69) is 15.1 Å². The summed E-state index contributed by atoms with van der Waals surface area (Å²) >= 11 is 0. The molecule has 3 rings (SSSR count). The molecule has 6 heteroatoms. The van der Waals surface area contributed by atoms with Crippen molar-refractivity contribution in [1.82, 2.24) is 24.6 Å². The number of carbonyl (C=O) groups excluding carboxylic acids is 1. The fraction of sp³-hybridized carbons (Fsp3) is 0.500. The fourth-order valence-electron chi connectivity index (χ4n) is 2.77. The summed E-state index contributed by atoms with van der Waals surface area (Å²) in [6, 6.07) is 0.207. The van der Waals surface area contributed by atoms with Crippen LogP contribution in [0.15, 0.2) is 24.9 Å². The Kier molecular flexibility index (Phi) is 3.54. The number of imidazole rings is 1. The monoisotopic (exact) mass is 273 g/mol. The third-order valence-electron chi connectivity index (χ3n) is 3.78. The van der Waals surface area contributed by atoms with Crippen LogP contribution in [0.5, 0.6) is 0 Å². The van der Waals surface area contributed by atoms with E-state index in [0.29, 0.717) is 5.69 Å². The van der Waals surface area contributed by atoms with Crippen molar-refractivity contribution in [3.8, 4) is 0 Å². The molecule has 0 aromatic carbocycles. The summed E-state index contributed by atoms with van der Waals surface area (Å²) in [6.45, 7) is 3.59. The van der Waals surface area contributed by atoms with Gasteiger partial charge < -0.3 is 9.88 Å². The van der Waals surface area contributed by atoms with Crippen molar-refractivity contribution in [2.45, 2.75) is 38.8 Å². The lowest BCUT2D eigenvalue weighted by Crippen LogP contribution is -2.46. The number of carbonyl (C=O) groups is 1. The van der Waals surface area contributed by atoms with Crippen LogP contribution in [0.2, 0.25) is 0 Å². The molecule has 0 saturated carbocycles. The second kappa shape index (κ2) is 5.48. The molecule has 1 N–H and O–H groups in total. The van der Waals surface area contributed by atoms with E-state index in [1.54, 1.807) is 12.5 Å². The van der Waals surface area contributed by atoms with Crippen LogP contribution in [0.1, 0.15) is 35.3 Å².